The van der Waals surface area contributed by atoms with Crippen molar-refractivity contribution in [1.29, 1.82) is 0 Å². The Balaban J connectivity index is 1.75. The molecule has 0 saturated heterocycles. The number of rotatable bonds is 7. The highest BCUT2D eigenvalue weighted by molar-refractivity contribution is 7.11. The Hall–Kier alpha value is -2.80. The van der Waals surface area contributed by atoms with Crippen molar-refractivity contribution in [2.24, 2.45) is 5.73 Å². The van der Waals surface area contributed by atoms with E-state index < -0.39 is 42.2 Å². The fourth-order valence-electron chi connectivity index (χ4n) is 2.77. The van der Waals surface area contributed by atoms with Crippen LogP contribution in [0.4, 0.5) is 17.6 Å². The minimum Gasteiger partial charge on any atom is -0.393 e. The molecule has 0 radical (unpaired) electrons. The van der Waals surface area contributed by atoms with Crippen molar-refractivity contribution in [1.82, 2.24) is 15.3 Å². The third-order valence-electron chi connectivity index (χ3n) is 4.40. The van der Waals surface area contributed by atoms with Gasteiger partial charge >= 0.3 is 6.18 Å². The van der Waals surface area contributed by atoms with Gasteiger partial charge in [0.15, 0.2) is 0 Å². The number of benzene rings is 1. The number of amides is 1. The molecule has 0 aliphatic heterocycles. The Morgan fingerprint density at radius 2 is 2.03 bits per heavy atom. The Bertz CT molecular complexity index is 1070. The summed E-state index contributed by atoms with van der Waals surface area (Å²) < 4.78 is 52.0. The zero-order valence-electron chi connectivity index (χ0n) is 15.8. The van der Waals surface area contributed by atoms with Crippen LogP contribution in [0.15, 0.2) is 36.5 Å². The lowest BCUT2D eigenvalue weighted by Gasteiger charge is -2.14. The molecule has 0 saturated carbocycles. The maximum atomic E-state index is 13.8. The summed E-state index contributed by atoms with van der Waals surface area (Å²) in [5, 5.41) is 21.8. The van der Waals surface area contributed by atoms with Crippen LogP contribution in [0.5, 0.6) is 0 Å². The predicted molar refractivity (Wildman–Crippen MR) is 105 cm³/mol. The van der Waals surface area contributed by atoms with Crippen molar-refractivity contribution < 1.29 is 32.6 Å². The van der Waals surface area contributed by atoms with E-state index in [2.05, 4.69) is 15.3 Å². The van der Waals surface area contributed by atoms with Gasteiger partial charge in [0.05, 0.1) is 23.1 Å². The standard InChI is InChI=1S/C19H18F4N4O3S/c20-11-5-9(1-2-10(11)19(21,22)23)12-3-4-13(26-12)17(30)27-14(6-24)18-25-7-16(31-18)15(29)8-28/h1-5,7,14-15,26,28-29H,6,8,24H2,(H,27,30)/t14-,15?/m0/s1. The maximum Gasteiger partial charge on any atom is 0.419 e. The van der Waals surface area contributed by atoms with Crippen LogP contribution < -0.4 is 11.1 Å². The number of H-pyrrole nitrogens is 1. The number of carbonyl (C=O) groups excluding carboxylic acids is 1. The molecular formula is C19H18F4N4O3S. The first kappa shape index (κ1) is 22.9. The molecule has 0 spiro atoms. The zero-order valence-corrected chi connectivity index (χ0v) is 16.6. The number of hydrogen-bond donors (Lipinski definition) is 5. The van der Waals surface area contributed by atoms with Gasteiger partial charge < -0.3 is 26.2 Å². The summed E-state index contributed by atoms with van der Waals surface area (Å²) in [4.78, 5) is 19.8. The number of thiazole rings is 1. The second-order valence-electron chi connectivity index (χ2n) is 6.54. The molecule has 0 bridgehead atoms. The molecule has 1 aromatic carbocycles. The maximum absolute atomic E-state index is 13.8. The van der Waals surface area contributed by atoms with Gasteiger partial charge in [-0.05, 0) is 24.3 Å². The number of aromatic amines is 1. The van der Waals surface area contributed by atoms with Gasteiger partial charge in [-0.1, -0.05) is 6.07 Å². The van der Waals surface area contributed by atoms with Crippen LogP contribution in [-0.2, 0) is 6.18 Å². The van der Waals surface area contributed by atoms with Crippen LogP contribution in [0, 0.1) is 5.82 Å². The van der Waals surface area contributed by atoms with E-state index in [9.17, 15) is 27.5 Å². The largest absolute Gasteiger partial charge is 0.419 e. The second kappa shape index (κ2) is 9.14. The number of aliphatic hydroxyl groups is 2. The molecule has 166 valence electrons. The minimum absolute atomic E-state index is 0.00555. The van der Waals surface area contributed by atoms with E-state index in [0.717, 1.165) is 23.5 Å². The molecule has 2 heterocycles. The monoisotopic (exact) mass is 458 g/mol. The van der Waals surface area contributed by atoms with Gasteiger partial charge in [-0.15, -0.1) is 11.3 Å². The number of nitrogens with two attached hydrogens (primary N) is 1. The SMILES string of the molecule is NC[C@H](NC(=O)c1ccc(-c2ccc(C(F)(F)F)c(F)c2)[nH]1)c1ncc(C(O)CO)s1. The topological polar surface area (TPSA) is 124 Å². The van der Waals surface area contributed by atoms with Crippen LogP contribution in [-0.4, -0.2) is 39.2 Å². The van der Waals surface area contributed by atoms with E-state index in [1.807, 2.05) is 0 Å². The van der Waals surface area contributed by atoms with E-state index >= 15 is 0 Å². The molecule has 0 fully saturated rings. The second-order valence-corrected chi connectivity index (χ2v) is 7.63. The molecule has 2 atom stereocenters. The lowest BCUT2D eigenvalue weighted by Crippen LogP contribution is -2.33. The number of carbonyl (C=O) groups is 1. The molecule has 0 aliphatic rings. The molecule has 7 nitrogen and oxygen atoms in total. The number of alkyl halides is 3. The molecular weight excluding hydrogens is 440 g/mol. The quantitative estimate of drug-likeness (QED) is 0.348. The molecule has 1 unspecified atom stereocenters. The van der Waals surface area contributed by atoms with E-state index in [1.165, 1.54) is 18.3 Å². The molecule has 3 aromatic rings. The average Bonchev–Trinajstić information content (AvgIpc) is 3.40. The van der Waals surface area contributed by atoms with Crippen molar-refractivity contribution in [3.05, 3.63) is 63.5 Å². The molecule has 31 heavy (non-hydrogen) atoms. The summed E-state index contributed by atoms with van der Waals surface area (Å²) in [6.07, 6.45) is -4.51. The Labute approximate surface area is 177 Å². The van der Waals surface area contributed by atoms with Crippen LogP contribution in [0.2, 0.25) is 0 Å². The summed E-state index contributed by atoms with van der Waals surface area (Å²) in [5.74, 6) is -1.98. The summed E-state index contributed by atoms with van der Waals surface area (Å²) in [6.45, 7) is -0.470. The highest BCUT2D eigenvalue weighted by atomic mass is 32.1. The molecule has 12 heteroatoms. The summed E-state index contributed by atoms with van der Waals surface area (Å²) in [5.41, 5.74) is 4.81. The van der Waals surface area contributed by atoms with Crippen molar-refractivity contribution >= 4 is 17.2 Å². The van der Waals surface area contributed by atoms with Crippen molar-refractivity contribution in [2.75, 3.05) is 13.2 Å². The fourth-order valence-corrected chi connectivity index (χ4v) is 3.73. The smallest absolute Gasteiger partial charge is 0.393 e. The molecule has 6 N–H and O–H groups in total. The van der Waals surface area contributed by atoms with Crippen LogP contribution in [0.3, 0.4) is 0 Å². The van der Waals surface area contributed by atoms with Gasteiger partial charge in [-0.25, -0.2) is 9.37 Å². The predicted octanol–water partition coefficient (Wildman–Crippen LogP) is 2.75. The van der Waals surface area contributed by atoms with Gasteiger partial charge in [0.1, 0.15) is 22.6 Å². The van der Waals surface area contributed by atoms with Gasteiger partial charge in [-0.3, -0.25) is 4.79 Å². The van der Waals surface area contributed by atoms with Crippen molar-refractivity contribution in [2.45, 2.75) is 18.3 Å². The Morgan fingerprint density at radius 3 is 2.65 bits per heavy atom. The highest BCUT2D eigenvalue weighted by Gasteiger charge is 2.34. The number of aliphatic hydroxyl groups excluding tert-OH is 2. The van der Waals surface area contributed by atoms with E-state index in [0.29, 0.717) is 16.0 Å². The van der Waals surface area contributed by atoms with Gasteiger partial charge in [-0.2, -0.15) is 13.2 Å². The van der Waals surface area contributed by atoms with E-state index in [4.69, 9.17) is 10.8 Å². The van der Waals surface area contributed by atoms with E-state index in [-0.39, 0.29) is 23.5 Å². The lowest BCUT2D eigenvalue weighted by molar-refractivity contribution is -0.139. The van der Waals surface area contributed by atoms with Crippen LogP contribution >= 0.6 is 11.3 Å². The third kappa shape index (κ3) is 5.10. The molecule has 2 aromatic heterocycles. The first-order valence-corrected chi connectivity index (χ1v) is 9.77. The zero-order chi connectivity index (χ0) is 22.8. The summed E-state index contributed by atoms with van der Waals surface area (Å²) in [7, 11) is 0. The first-order chi connectivity index (χ1) is 14.6. The number of hydrogen-bond acceptors (Lipinski definition) is 6. The normalized spacial score (nSPS) is 13.8. The Morgan fingerprint density at radius 1 is 1.29 bits per heavy atom. The van der Waals surface area contributed by atoms with Crippen LogP contribution in [0.25, 0.3) is 11.3 Å². The average molecular weight is 458 g/mol. The highest BCUT2D eigenvalue weighted by Crippen LogP contribution is 2.33. The first-order valence-electron chi connectivity index (χ1n) is 8.95. The van der Waals surface area contributed by atoms with Crippen LogP contribution in [0.1, 0.15) is 38.1 Å². The lowest BCUT2D eigenvalue weighted by atomic mass is 10.1. The van der Waals surface area contributed by atoms with Crippen molar-refractivity contribution in [3.63, 3.8) is 0 Å². The number of aromatic nitrogens is 2. The number of nitrogens with zero attached hydrogens (tertiary/aromatic N) is 1. The summed E-state index contributed by atoms with van der Waals surface area (Å²) in [6, 6.07) is 4.64. The third-order valence-corrected chi connectivity index (χ3v) is 5.61. The number of halogens is 4. The fraction of sp³-hybridized carbons (Fsp3) is 0.263. The van der Waals surface area contributed by atoms with E-state index in [1.54, 1.807) is 0 Å². The summed E-state index contributed by atoms with van der Waals surface area (Å²) >= 11 is 1.08. The Kier molecular flexibility index (Phi) is 6.74. The molecule has 1 amide bonds. The van der Waals surface area contributed by atoms with Gasteiger partial charge in [0.2, 0.25) is 0 Å². The van der Waals surface area contributed by atoms with Crippen molar-refractivity contribution in [3.8, 4) is 11.3 Å². The van der Waals surface area contributed by atoms with Gasteiger partial charge in [0, 0.05) is 24.0 Å². The number of nitrogens with one attached hydrogen (secondary N) is 2. The minimum atomic E-state index is -4.80. The molecule has 3 rings (SSSR count). The van der Waals surface area contributed by atoms with Gasteiger partial charge in [0.25, 0.3) is 5.91 Å². The molecule has 0 aliphatic carbocycles.